The summed E-state index contributed by atoms with van der Waals surface area (Å²) < 4.78 is 0. The van der Waals surface area contributed by atoms with Gasteiger partial charge in [-0.25, -0.2) is 14.8 Å². The van der Waals surface area contributed by atoms with E-state index in [1.165, 1.54) is 6.07 Å². The van der Waals surface area contributed by atoms with Gasteiger partial charge in [0.15, 0.2) is 0 Å². The number of carboxylic acid groups (broad SMARTS) is 1. The number of rotatable bonds is 5. The molecule has 2 N–H and O–H groups in total. The van der Waals surface area contributed by atoms with Gasteiger partial charge in [-0.3, -0.25) is 4.79 Å². The van der Waals surface area contributed by atoms with Crippen molar-refractivity contribution < 1.29 is 14.7 Å². The molecule has 2 rings (SSSR count). The summed E-state index contributed by atoms with van der Waals surface area (Å²) in [6.07, 6.45) is 1.84. The number of aromatic carboxylic acids is 1. The lowest BCUT2D eigenvalue weighted by atomic mass is 10.0. The molecule has 1 heterocycles. The largest absolute Gasteiger partial charge is 0.478 e. The van der Waals surface area contributed by atoms with E-state index in [-0.39, 0.29) is 23.9 Å². The second-order valence-corrected chi connectivity index (χ2v) is 5.47. The Morgan fingerprint density at radius 2 is 2.00 bits per heavy atom. The van der Waals surface area contributed by atoms with Crippen molar-refractivity contribution in [2.45, 2.75) is 33.2 Å². The van der Waals surface area contributed by atoms with Crippen molar-refractivity contribution in [3.63, 3.8) is 0 Å². The Bertz CT molecular complexity index is 744. The van der Waals surface area contributed by atoms with Crippen LogP contribution >= 0.6 is 0 Å². The standard InChI is InChI=1S/C17H19N3O3/c1-10-8-14(17(22)23)5-4-13(10)9-15(21)20-12(3)16-18-7-6-11(2)19-16/h4-8,12H,9H2,1-3H3,(H,20,21)(H,22,23). The van der Waals surface area contributed by atoms with Crippen molar-refractivity contribution in [1.82, 2.24) is 15.3 Å². The van der Waals surface area contributed by atoms with Crippen molar-refractivity contribution >= 4 is 11.9 Å². The van der Waals surface area contributed by atoms with E-state index in [9.17, 15) is 9.59 Å². The van der Waals surface area contributed by atoms with Gasteiger partial charge < -0.3 is 10.4 Å². The van der Waals surface area contributed by atoms with Crippen LogP contribution < -0.4 is 5.32 Å². The molecule has 0 spiro atoms. The minimum Gasteiger partial charge on any atom is -0.478 e. The summed E-state index contributed by atoms with van der Waals surface area (Å²) in [7, 11) is 0. The van der Waals surface area contributed by atoms with Crippen LogP contribution in [0.3, 0.4) is 0 Å². The molecule has 1 unspecified atom stereocenters. The van der Waals surface area contributed by atoms with E-state index >= 15 is 0 Å². The number of benzene rings is 1. The van der Waals surface area contributed by atoms with E-state index in [1.54, 1.807) is 31.3 Å². The predicted molar refractivity (Wildman–Crippen MR) is 85.2 cm³/mol. The van der Waals surface area contributed by atoms with Crippen LogP contribution in [0.5, 0.6) is 0 Å². The molecule has 6 heteroatoms. The lowest BCUT2D eigenvalue weighted by Gasteiger charge is -2.14. The van der Waals surface area contributed by atoms with Gasteiger partial charge in [0, 0.05) is 11.9 Å². The van der Waals surface area contributed by atoms with E-state index in [4.69, 9.17) is 5.11 Å². The molecule has 1 atom stereocenters. The molecule has 1 aromatic heterocycles. The van der Waals surface area contributed by atoms with E-state index in [0.29, 0.717) is 5.82 Å². The number of hydrogen-bond acceptors (Lipinski definition) is 4. The van der Waals surface area contributed by atoms with Gasteiger partial charge in [-0.1, -0.05) is 6.07 Å². The van der Waals surface area contributed by atoms with Gasteiger partial charge in [0.2, 0.25) is 5.91 Å². The highest BCUT2D eigenvalue weighted by molar-refractivity contribution is 5.88. The maximum Gasteiger partial charge on any atom is 0.335 e. The first-order valence-electron chi connectivity index (χ1n) is 7.28. The molecule has 120 valence electrons. The molecule has 23 heavy (non-hydrogen) atoms. The molecule has 6 nitrogen and oxygen atoms in total. The van der Waals surface area contributed by atoms with Gasteiger partial charge in [0.1, 0.15) is 5.82 Å². The first-order chi connectivity index (χ1) is 10.9. The van der Waals surface area contributed by atoms with Crippen molar-refractivity contribution in [3.05, 3.63) is 58.7 Å². The normalized spacial score (nSPS) is 11.8. The maximum atomic E-state index is 12.2. The van der Waals surface area contributed by atoms with Crippen molar-refractivity contribution in [3.8, 4) is 0 Å². The summed E-state index contributed by atoms with van der Waals surface area (Å²) in [5, 5.41) is 11.8. The number of aromatic nitrogens is 2. The quantitative estimate of drug-likeness (QED) is 0.883. The summed E-state index contributed by atoms with van der Waals surface area (Å²) in [6, 6.07) is 6.25. The van der Waals surface area contributed by atoms with Crippen molar-refractivity contribution in [2.24, 2.45) is 0 Å². The predicted octanol–water partition coefficient (Wildman–Crippen LogP) is 2.21. The van der Waals surface area contributed by atoms with E-state index in [0.717, 1.165) is 16.8 Å². The molecular formula is C17H19N3O3. The van der Waals surface area contributed by atoms with Gasteiger partial charge in [0.05, 0.1) is 18.0 Å². The van der Waals surface area contributed by atoms with Gasteiger partial charge in [0.25, 0.3) is 0 Å². The Morgan fingerprint density at radius 1 is 1.26 bits per heavy atom. The maximum absolute atomic E-state index is 12.2. The molecule has 1 amide bonds. The molecule has 0 saturated carbocycles. The zero-order chi connectivity index (χ0) is 17.0. The number of carbonyl (C=O) groups excluding carboxylic acids is 1. The first kappa shape index (κ1) is 16.6. The number of aryl methyl sites for hydroxylation is 2. The summed E-state index contributed by atoms with van der Waals surface area (Å²) in [4.78, 5) is 31.5. The molecule has 0 bridgehead atoms. The van der Waals surface area contributed by atoms with E-state index in [2.05, 4.69) is 15.3 Å². The summed E-state index contributed by atoms with van der Waals surface area (Å²) in [5.41, 5.74) is 2.63. The fourth-order valence-electron chi connectivity index (χ4n) is 2.23. The van der Waals surface area contributed by atoms with Gasteiger partial charge in [-0.15, -0.1) is 0 Å². The zero-order valence-corrected chi connectivity index (χ0v) is 13.3. The van der Waals surface area contributed by atoms with E-state index < -0.39 is 5.97 Å². The Hall–Kier alpha value is -2.76. The summed E-state index contributed by atoms with van der Waals surface area (Å²) >= 11 is 0. The second-order valence-electron chi connectivity index (χ2n) is 5.47. The van der Waals surface area contributed by atoms with E-state index in [1.807, 2.05) is 13.8 Å². The van der Waals surface area contributed by atoms with Crippen LogP contribution in [0, 0.1) is 13.8 Å². The topological polar surface area (TPSA) is 92.2 Å². The molecule has 0 aliphatic heterocycles. The number of carbonyl (C=O) groups is 2. The monoisotopic (exact) mass is 313 g/mol. The highest BCUT2D eigenvalue weighted by Gasteiger charge is 2.14. The van der Waals surface area contributed by atoms with Crippen LogP contribution in [0.25, 0.3) is 0 Å². The third kappa shape index (κ3) is 4.35. The zero-order valence-electron chi connectivity index (χ0n) is 13.3. The number of hydrogen-bond donors (Lipinski definition) is 2. The Kier molecular flexibility index (Phi) is 5.05. The number of carboxylic acids is 1. The minimum atomic E-state index is -0.977. The molecular weight excluding hydrogens is 294 g/mol. The third-order valence-corrected chi connectivity index (χ3v) is 3.52. The highest BCUT2D eigenvalue weighted by atomic mass is 16.4. The lowest BCUT2D eigenvalue weighted by Crippen LogP contribution is -2.29. The smallest absolute Gasteiger partial charge is 0.335 e. The Labute approximate surface area is 134 Å². The van der Waals surface area contributed by atoms with Crippen LogP contribution in [0.2, 0.25) is 0 Å². The third-order valence-electron chi connectivity index (χ3n) is 3.52. The van der Waals surface area contributed by atoms with Crippen molar-refractivity contribution in [2.75, 3.05) is 0 Å². The van der Waals surface area contributed by atoms with Gasteiger partial charge >= 0.3 is 5.97 Å². The molecule has 1 aromatic carbocycles. The Morgan fingerprint density at radius 3 is 2.61 bits per heavy atom. The summed E-state index contributed by atoms with van der Waals surface area (Å²) in [6.45, 7) is 5.49. The van der Waals surface area contributed by atoms with Crippen LogP contribution in [-0.4, -0.2) is 27.0 Å². The SMILES string of the molecule is Cc1ccnc(C(C)NC(=O)Cc2ccc(C(=O)O)cc2C)n1. The van der Waals surface area contributed by atoms with Gasteiger partial charge in [-0.2, -0.15) is 0 Å². The van der Waals surface area contributed by atoms with Crippen LogP contribution in [0.1, 0.15) is 46.0 Å². The molecule has 0 radical (unpaired) electrons. The molecule has 0 aliphatic rings. The van der Waals surface area contributed by atoms with Crippen LogP contribution in [0.15, 0.2) is 30.5 Å². The van der Waals surface area contributed by atoms with Crippen molar-refractivity contribution in [1.29, 1.82) is 0 Å². The minimum absolute atomic E-state index is 0.159. The average Bonchev–Trinajstić information content (AvgIpc) is 2.49. The number of nitrogens with zero attached hydrogens (tertiary/aromatic N) is 2. The van der Waals surface area contributed by atoms with Crippen LogP contribution in [0.4, 0.5) is 0 Å². The molecule has 0 fully saturated rings. The fraction of sp³-hybridized carbons (Fsp3) is 0.294. The fourth-order valence-corrected chi connectivity index (χ4v) is 2.23. The Balaban J connectivity index is 2.03. The number of amides is 1. The molecule has 2 aromatic rings. The second kappa shape index (κ2) is 7.00. The summed E-state index contributed by atoms with van der Waals surface area (Å²) in [5.74, 6) is -0.570. The van der Waals surface area contributed by atoms with Crippen LogP contribution in [-0.2, 0) is 11.2 Å². The molecule has 0 saturated heterocycles. The molecule has 0 aliphatic carbocycles. The number of nitrogens with one attached hydrogen (secondary N) is 1. The van der Waals surface area contributed by atoms with Gasteiger partial charge in [-0.05, 0) is 50.1 Å². The first-order valence-corrected chi connectivity index (χ1v) is 7.28. The highest BCUT2D eigenvalue weighted by Crippen LogP contribution is 2.13. The lowest BCUT2D eigenvalue weighted by molar-refractivity contribution is -0.121. The average molecular weight is 313 g/mol.